The maximum atomic E-state index is 11.5. The lowest BCUT2D eigenvalue weighted by Crippen LogP contribution is -3.00. The van der Waals surface area contributed by atoms with E-state index in [9.17, 15) is 38.4 Å². The summed E-state index contributed by atoms with van der Waals surface area (Å²) in [6, 6.07) is 0. The SMILES string of the molecule is CCCSC(=O)OCOC(=O)C(C)C.Cc1oc(=O)oc1COC(=O)CCCSC(=O)OCOC(=O)C(C)C.Cc1oc(=O)oc1COC(=O)Cl.[Cl-]. The lowest BCUT2D eigenvalue weighted by atomic mass is 10.2. The molecular weight excluding hydrogens is 783 g/mol. The Balaban J connectivity index is 0. The van der Waals surface area contributed by atoms with Crippen molar-refractivity contribution in [1.29, 1.82) is 0 Å². The summed E-state index contributed by atoms with van der Waals surface area (Å²) in [5.74, 6) is -1.57. The highest BCUT2D eigenvalue weighted by Gasteiger charge is 2.14. The number of hydrogen-bond donors (Lipinski definition) is 0. The summed E-state index contributed by atoms with van der Waals surface area (Å²) in [6.45, 7) is 10.7. The van der Waals surface area contributed by atoms with Gasteiger partial charge in [-0.15, -0.1) is 0 Å². The molecule has 2 aromatic heterocycles. The second kappa shape index (κ2) is 28.7. The minimum Gasteiger partial charge on any atom is -1.00 e. The van der Waals surface area contributed by atoms with Crippen LogP contribution in [0, 0.1) is 25.7 Å². The molecule has 2 rings (SSSR count). The van der Waals surface area contributed by atoms with E-state index in [4.69, 9.17) is 30.2 Å². The Labute approximate surface area is 317 Å². The summed E-state index contributed by atoms with van der Waals surface area (Å²) in [7, 11) is 0. The highest BCUT2D eigenvalue weighted by atomic mass is 35.5. The summed E-state index contributed by atoms with van der Waals surface area (Å²) >= 11 is 6.82. The van der Waals surface area contributed by atoms with Gasteiger partial charge in [0.15, 0.2) is 36.3 Å². The van der Waals surface area contributed by atoms with E-state index in [1.54, 1.807) is 27.7 Å². The molecule has 0 N–H and O–H groups in total. The van der Waals surface area contributed by atoms with Gasteiger partial charge in [-0.1, -0.05) is 34.6 Å². The monoisotopic (exact) mass is 823 g/mol. The summed E-state index contributed by atoms with van der Waals surface area (Å²) in [6.07, 6.45) is 1.38. The van der Waals surface area contributed by atoms with Crippen LogP contribution in [0.5, 0.6) is 0 Å². The highest BCUT2D eigenvalue weighted by molar-refractivity contribution is 8.13. The quantitative estimate of drug-likeness (QED) is 0.0775. The van der Waals surface area contributed by atoms with Gasteiger partial charge in [-0.05, 0) is 50.2 Å². The van der Waals surface area contributed by atoms with Gasteiger partial charge in [0.25, 0.3) is 0 Å². The Morgan fingerprint density at radius 2 is 1.08 bits per heavy atom. The summed E-state index contributed by atoms with van der Waals surface area (Å²) < 4.78 is 46.3. The standard InChI is InChI=1S/C15H20O9S.C9H16O4S.C6H5ClO5.ClH/c1-9(2)13(17)21-8-22-15(19)25-6-4-5-12(16)20-7-11-10(3)23-14(18)24-11;1-4-5-14-9(11)13-6-12-8(10)7(2)3;1-3-4(2-10-5(7)8)12-6(9)11-3;/h9H,4-8H2,1-3H3;7H,4-6H2,1-3H3;2H2,1H3;1H/p-1. The van der Waals surface area contributed by atoms with Gasteiger partial charge in [-0.25, -0.2) is 24.0 Å². The van der Waals surface area contributed by atoms with Gasteiger partial charge in [0.1, 0.15) is 0 Å². The van der Waals surface area contributed by atoms with E-state index in [1.165, 1.54) is 13.8 Å². The number of carbonyl (C=O) groups excluding carboxylic acids is 6. The third-order valence-electron chi connectivity index (χ3n) is 5.22. The molecule has 0 radical (unpaired) electrons. The molecular formula is C30H41Cl2O18S2-. The van der Waals surface area contributed by atoms with Crippen LogP contribution in [-0.4, -0.2) is 59.0 Å². The van der Waals surface area contributed by atoms with Crippen molar-refractivity contribution >= 4 is 69.1 Å². The number of thioether (sulfide) groups is 2. The molecule has 0 amide bonds. The van der Waals surface area contributed by atoms with Crippen LogP contribution in [0.3, 0.4) is 0 Å². The maximum Gasteiger partial charge on any atom is 0.519 e. The number of hydrogen-bond acceptors (Lipinski definition) is 20. The first-order valence-electron chi connectivity index (χ1n) is 15.1. The van der Waals surface area contributed by atoms with E-state index in [0.717, 1.165) is 35.7 Å². The van der Waals surface area contributed by atoms with E-state index in [1.807, 2.05) is 6.92 Å². The molecule has 0 aliphatic carbocycles. The number of esters is 3. The topological polar surface area (TPSA) is 244 Å². The van der Waals surface area contributed by atoms with Gasteiger partial charge in [-0.3, -0.25) is 14.4 Å². The fraction of sp³-hybridized carbons (Fsp3) is 0.600. The van der Waals surface area contributed by atoms with Crippen LogP contribution in [-0.2, 0) is 56.0 Å². The van der Waals surface area contributed by atoms with E-state index < -0.39 is 46.4 Å². The minimum atomic E-state index is -0.960. The molecule has 0 aliphatic heterocycles. The number of aryl methyl sites for hydroxylation is 2. The lowest BCUT2D eigenvalue weighted by Gasteiger charge is -2.07. The van der Waals surface area contributed by atoms with Crippen molar-refractivity contribution in [3.63, 3.8) is 0 Å². The summed E-state index contributed by atoms with van der Waals surface area (Å²) in [4.78, 5) is 87.3. The van der Waals surface area contributed by atoms with Gasteiger partial charge in [-0.2, -0.15) is 0 Å². The molecule has 0 atom stereocenters. The van der Waals surface area contributed by atoms with Gasteiger partial charge in [0.2, 0.25) is 13.6 Å². The van der Waals surface area contributed by atoms with Crippen molar-refractivity contribution in [2.45, 2.75) is 80.9 Å². The van der Waals surface area contributed by atoms with Crippen LogP contribution in [0.25, 0.3) is 0 Å². The average molecular weight is 825 g/mol. The Morgan fingerprint density at radius 3 is 1.44 bits per heavy atom. The molecule has 0 fully saturated rings. The highest BCUT2D eigenvalue weighted by Crippen LogP contribution is 2.12. The number of ether oxygens (including phenoxy) is 6. The Hall–Kier alpha value is -3.88. The molecule has 52 heavy (non-hydrogen) atoms. The molecule has 18 nitrogen and oxygen atoms in total. The van der Waals surface area contributed by atoms with E-state index in [0.29, 0.717) is 12.2 Å². The van der Waals surface area contributed by atoms with Crippen molar-refractivity contribution in [1.82, 2.24) is 0 Å². The predicted octanol–water partition coefficient (Wildman–Crippen LogP) is 3.23. The summed E-state index contributed by atoms with van der Waals surface area (Å²) in [5, 5.41) is -0.996. The van der Waals surface area contributed by atoms with Gasteiger partial charge >= 0.3 is 45.6 Å². The van der Waals surface area contributed by atoms with E-state index in [-0.39, 0.29) is 79.7 Å². The van der Waals surface area contributed by atoms with Gasteiger partial charge in [0.05, 0.1) is 11.8 Å². The fourth-order valence-corrected chi connectivity index (χ4v) is 3.74. The molecule has 22 heteroatoms. The van der Waals surface area contributed by atoms with Crippen LogP contribution < -0.4 is 24.1 Å². The van der Waals surface area contributed by atoms with Crippen LogP contribution >= 0.6 is 35.1 Å². The van der Waals surface area contributed by atoms with Crippen molar-refractivity contribution in [2.75, 3.05) is 25.1 Å². The van der Waals surface area contributed by atoms with Gasteiger partial charge < -0.3 is 58.5 Å². The summed E-state index contributed by atoms with van der Waals surface area (Å²) in [5.41, 5.74) is -0.960. The second-order valence-corrected chi connectivity index (χ2v) is 12.5. The smallest absolute Gasteiger partial charge is 0.519 e. The molecule has 0 saturated heterocycles. The Kier molecular flexibility index (Phi) is 27.7. The van der Waals surface area contributed by atoms with Crippen LogP contribution in [0.2, 0.25) is 0 Å². The van der Waals surface area contributed by atoms with E-state index >= 15 is 0 Å². The average Bonchev–Trinajstić information content (AvgIpc) is 3.57. The first-order valence-corrected chi connectivity index (χ1v) is 17.4. The van der Waals surface area contributed by atoms with Crippen LogP contribution in [0.15, 0.2) is 27.3 Å². The maximum absolute atomic E-state index is 11.5. The molecule has 0 aliphatic rings. The number of halogens is 2. The van der Waals surface area contributed by atoms with Crippen LogP contribution in [0.4, 0.5) is 14.4 Å². The molecule has 2 heterocycles. The van der Waals surface area contributed by atoms with Crippen molar-refractivity contribution in [3.05, 3.63) is 44.3 Å². The number of carbonyl (C=O) groups is 6. The Bertz CT molecular complexity index is 1510. The van der Waals surface area contributed by atoms with Crippen molar-refractivity contribution < 1.29 is 87.3 Å². The Morgan fingerprint density at radius 1 is 0.654 bits per heavy atom. The largest absolute Gasteiger partial charge is 1.00 e. The molecule has 296 valence electrons. The van der Waals surface area contributed by atoms with Crippen molar-refractivity contribution in [3.8, 4) is 0 Å². The van der Waals surface area contributed by atoms with Crippen LogP contribution in [0.1, 0.15) is 76.9 Å². The first kappa shape index (κ1) is 50.2. The molecule has 0 bridgehead atoms. The second-order valence-electron chi connectivity index (χ2n) is 10.1. The molecule has 0 saturated carbocycles. The molecule has 0 unspecified atom stereocenters. The zero-order valence-corrected chi connectivity index (χ0v) is 32.6. The lowest BCUT2D eigenvalue weighted by molar-refractivity contribution is -0.156. The first-order chi connectivity index (χ1) is 24.0. The number of rotatable bonds is 16. The zero-order valence-electron chi connectivity index (χ0n) is 29.4. The third kappa shape index (κ3) is 25.1. The molecule has 0 aromatic carbocycles. The zero-order chi connectivity index (χ0) is 38.9. The van der Waals surface area contributed by atoms with E-state index in [2.05, 4.69) is 27.5 Å². The third-order valence-corrected chi connectivity index (χ3v) is 7.14. The fourth-order valence-electron chi connectivity index (χ4n) is 2.60. The molecule has 2 aromatic rings. The molecule has 0 spiro atoms. The predicted molar refractivity (Wildman–Crippen MR) is 179 cm³/mol. The minimum absolute atomic E-state index is 0. The van der Waals surface area contributed by atoms with Gasteiger partial charge in [0, 0.05) is 29.5 Å². The van der Waals surface area contributed by atoms with Crippen molar-refractivity contribution in [2.24, 2.45) is 11.8 Å². The normalized spacial score (nSPS) is 10.0.